The van der Waals surface area contributed by atoms with Crippen LogP contribution in [0.4, 0.5) is 10.5 Å². The third kappa shape index (κ3) is 4.23. The Balaban J connectivity index is 2.68. The maximum Gasteiger partial charge on any atom is 0.335 e. The molecule has 0 aliphatic carbocycles. The van der Waals surface area contributed by atoms with E-state index in [1.165, 1.54) is 18.2 Å². The summed E-state index contributed by atoms with van der Waals surface area (Å²) < 4.78 is 0. The minimum atomic E-state index is -1.08. The predicted molar refractivity (Wildman–Crippen MR) is 69.1 cm³/mol. The number of carbonyl (C=O) groups excluding carboxylic acids is 1. The van der Waals surface area contributed by atoms with Crippen molar-refractivity contribution in [2.24, 2.45) is 5.73 Å². The molecular formula is C11H14ClN3O3. The molecule has 0 spiro atoms. The number of hydrogen-bond donors (Lipinski definition) is 4. The first-order valence-corrected chi connectivity index (χ1v) is 5.70. The van der Waals surface area contributed by atoms with E-state index in [0.717, 1.165) is 0 Å². The van der Waals surface area contributed by atoms with Crippen LogP contribution in [0, 0.1) is 0 Å². The Morgan fingerprint density at radius 3 is 2.72 bits per heavy atom. The van der Waals surface area contributed by atoms with Crippen LogP contribution in [0.5, 0.6) is 0 Å². The van der Waals surface area contributed by atoms with Crippen LogP contribution in [-0.4, -0.2) is 30.2 Å². The van der Waals surface area contributed by atoms with Gasteiger partial charge in [0, 0.05) is 6.54 Å². The summed E-state index contributed by atoms with van der Waals surface area (Å²) in [5, 5.41) is 14.1. The fraction of sp³-hybridized carbons (Fsp3) is 0.273. The number of benzene rings is 1. The summed E-state index contributed by atoms with van der Waals surface area (Å²) in [6.07, 6.45) is 0.663. The number of urea groups is 1. The van der Waals surface area contributed by atoms with Gasteiger partial charge in [-0.15, -0.1) is 0 Å². The van der Waals surface area contributed by atoms with Crippen LogP contribution in [0.3, 0.4) is 0 Å². The zero-order valence-electron chi connectivity index (χ0n) is 9.57. The molecule has 0 bridgehead atoms. The van der Waals surface area contributed by atoms with E-state index in [-0.39, 0.29) is 16.3 Å². The minimum Gasteiger partial charge on any atom is -0.478 e. The lowest BCUT2D eigenvalue weighted by atomic mass is 10.2. The molecule has 5 N–H and O–H groups in total. The first-order chi connectivity index (χ1) is 8.54. The van der Waals surface area contributed by atoms with Crippen molar-refractivity contribution in [1.82, 2.24) is 5.32 Å². The van der Waals surface area contributed by atoms with Gasteiger partial charge in [0.2, 0.25) is 0 Å². The Kier molecular flexibility index (Phi) is 5.41. The van der Waals surface area contributed by atoms with Crippen molar-refractivity contribution in [3.8, 4) is 0 Å². The number of aromatic carboxylic acids is 1. The van der Waals surface area contributed by atoms with Crippen LogP contribution >= 0.6 is 11.6 Å². The second-order valence-corrected chi connectivity index (χ2v) is 3.93. The molecule has 0 atom stereocenters. The highest BCUT2D eigenvalue weighted by molar-refractivity contribution is 6.33. The molecule has 0 radical (unpaired) electrons. The van der Waals surface area contributed by atoms with Crippen molar-refractivity contribution < 1.29 is 14.7 Å². The second kappa shape index (κ2) is 6.83. The Labute approximate surface area is 109 Å². The van der Waals surface area contributed by atoms with Crippen LogP contribution < -0.4 is 16.4 Å². The highest BCUT2D eigenvalue weighted by Crippen LogP contribution is 2.22. The van der Waals surface area contributed by atoms with Gasteiger partial charge in [-0.2, -0.15) is 0 Å². The second-order valence-electron chi connectivity index (χ2n) is 3.52. The van der Waals surface area contributed by atoms with Crippen LogP contribution in [0.25, 0.3) is 0 Å². The van der Waals surface area contributed by atoms with Crippen LogP contribution in [0.1, 0.15) is 16.8 Å². The minimum absolute atomic E-state index is 0.0525. The van der Waals surface area contributed by atoms with E-state index >= 15 is 0 Å². The number of hydrogen-bond acceptors (Lipinski definition) is 3. The molecule has 0 heterocycles. The summed E-state index contributed by atoms with van der Waals surface area (Å²) >= 11 is 5.85. The molecule has 0 aromatic heterocycles. The normalized spacial score (nSPS) is 9.89. The largest absolute Gasteiger partial charge is 0.478 e. The Hall–Kier alpha value is -1.79. The van der Waals surface area contributed by atoms with Gasteiger partial charge in [-0.1, -0.05) is 11.6 Å². The van der Waals surface area contributed by atoms with E-state index in [2.05, 4.69) is 10.6 Å². The predicted octanol–water partition coefficient (Wildman–Crippen LogP) is 1.51. The highest BCUT2D eigenvalue weighted by Gasteiger charge is 2.09. The van der Waals surface area contributed by atoms with E-state index in [4.69, 9.17) is 22.4 Å². The van der Waals surface area contributed by atoms with E-state index in [9.17, 15) is 9.59 Å². The molecule has 1 aromatic carbocycles. The lowest BCUT2D eigenvalue weighted by Gasteiger charge is -2.09. The molecule has 98 valence electrons. The number of carbonyl (C=O) groups is 2. The number of carboxylic acid groups (broad SMARTS) is 1. The summed E-state index contributed by atoms with van der Waals surface area (Å²) in [5.41, 5.74) is 5.59. The standard InChI is InChI=1S/C11H14ClN3O3/c12-8-3-2-7(10(16)17)6-9(8)15-11(18)14-5-1-4-13/h2-3,6H,1,4-5,13H2,(H,16,17)(H2,14,15,18). The van der Waals surface area contributed by atoms with E-state index < -0.39 is 12.0 Å². The van der Waals surface area contributed by atoms with Gasteiger partial charge in [-0.3, -0.25) is 0 Å². The summed E-state index contributed by atoms with van der Waals surface area (Å²) in [6, 6.07) is 3.63. The highest BCUT2D eigenvalue weighted by atomic mass is 35.5. The molecule has 0 unspecified atom stereocenters. The van der Waals surface area contributed by atoms with Gasteiger partial charge in [0.1, 0.15) is 0 Å². The summed E-state index contributed by atoms with van der Waals surface area (Å²) in [5.74, 6) is -1.08. The average Bonchev–Trinajstić information content (AvgIpc) is 2.32. The fourth-order valence-corrected chi connectivity index (χ4v) is 1.39. The van der Waals surface area contributed by atoms with Gasteiger partial charge in [0.05, 0.1) is 16.3 Å². The van der Waals surface area contributed by atoms with Gasteiger partial charge >= 0.3 is 12.0 Å². The SMILES string of the molecule is NCCCNC(=O)Nc1cc(C(=O)O)ccc1Cl. The number of amides is 2. The Morgan fingerprint density at radius 2 is 2.11 bits per heavy atom. The molecule has 0 saturated carbocycles. The zero-order valence-corrected chi connectivity index (χ0v) is 10.3. The van der Waals surface area contributed by atoms with E-state index in [1.54, 1.807) is 0 Å². The van der Waals surface area contributed by atoms with Crippen molar-refractivity contribution in [2.75, 3.05) is 18.4 Å². The van der Waals surface area contributed by atoms with E-state index in [0.29, 0.717) is 19.5 Å². The van der Waals surface area contributed by atoms with Crippen molar-refractivity contribution >= 4 is 29.3 Å². The number of carboxylic acids is 1. The topological polar surface area (TPSA) is 104 Å². The van der Waals surface area contributed by atoms with Crippen molar-refractivity contribution in [1.29, 1.82) is 0 Å². The molecule has 0 aliphatic rings. The van der Waals surface area contributed by atoms with Crippen LogP contribution in [0.2, 0.25) is 5.02 Å². The molecule has 7 heteroatoms. The van der Waals surface area contributed by atoms with Crippen molar-refractivity contribution in [3.63, 3.8) is 0 Å². The zero-order chi connectivity index (χ0) is 13.5. The van der Waals surface area contributed by atoms with Gasteiger partial charge < -0.3 is 21.5 Å². The number of halogens is 1. The average molecular weight is 272 g/mol. The Morgan fingerprint density at radius 1 is 1.39 bits per heavy atom. The van der Waals surface area contributed by atoms with Gasteiger partial charge in [-0.25, -0.2) is 9.59 Å². The third-order valence-corrected chi connectivity index (χ3v) is 2.46. The lowest BCUT2D eigenvalue weighted by Crippen LogP contribution is -2.30. The van der Waals surface area contributed by atoms with Gasteiger partial charge in [0.15, 0.2) is 0 Å². The van der Waals surface area contributed by atoms with Gasteiger partial charge in [0.25, 0.3) is 0 Å². The van der Waals surface area contributed by atoms with Crippen molar-refractivity contribution in [3.05, 3.63) is 28.8 Å². The molecule has 1 rings (SSSR count). The molecule has 0 saturated heterocycles. The third-order valence-electron chi connectivity index (χ3n) is 2.13. The first-order valence-electron chi connectivity index (χ1n) is 5.32. The van der Waals surface area contributed by atoms with E-state index in [1.807, 2.05) is 0 Å². The molecule has 1 aromatic rings. The summed E-state index contributed by atoms with van der Waals surface area (Å²) in [4.78, 5) is 22.2. The smallest absolute Gasteiger partial charge is 0.335 e. The maximum absolute atomic E-state index is 11.5. The first kappa shape index (κ1) is 14.3. The number of rotatable bonds is 5. The molecule has 2 amide bonds. The summed E-state index contributed by atoms with van der Waals surface area (Å²) in [7, 11) is 0. The Bertz CT molecular complexity index is 451. The molecule has 6 nitrogen and oxygen atoms in total. The number of nitrogens with two attached hydrogens (primary N) is 1. The maximum atomic E-state index is 11.5. The lowest BCUT2D eigenvalue weighted by molar-refractivity contribution is 0.0697. The fourth-order valence-electron chi connectivity index (χ4n) is 1.22. The molecule has 0 aliphatic heterocycles. The monoisotopic (exact) mass is 271 g/mol. The molecule has 18 heavy (non-hydrogen) atoms. The number of nitrogens with one attached hydrogen (secondary N) is 2. The molecule has 0 fully saturated rings. The van der Waals surface area contributed by atoms with Gasteiger partial charge in [-0.05, 0) is 31.2 Å². The summed E-state index contributed by atoms with van der Waals surface area (Å²) in [6.45, 7) is 0.925. The van der Waals surface area contributed by atoms with Crippen LogP contribution in [-0.2, 0) is 0 Å². The van der Waals surface area contributed by atoms with Crippen LogP contribution in [0.15, 0.2) is 18.2 Å². The molecular weight excluding hydrogens is 258 g/mol. The number of anilines is 1. The van der Waals surface area contributed by atoms with Crippen molar-refractivity contribution in [2.45, 2.75) is 6.42 Å². The quantitative estimate of drug-likeness (QED) is 0.609.